The van der Waals surface area contributed by atoms with Crippen molar-refractivity contribution >= 4 is 5.91 Å². The lowest BCUT2D eigenvalue weighted by Gasteiger charge is -2.21. The highest BCUT2D eigenvalue weighted by molar-refractivity contribution is 5.81. The molecule has 0 saturated carbocycles. The molecule has 0 aliphatic carbocycles. The third-order valence-corrected chi connectivity index (χ3v) is 1.92. The summed E-state index contributed by atoms with van der Waals surface area (Å²) in [6.45, 7) is 3.01. The number of nitrogens with one attached hydrogen (secondary N) is 1. The van der Waals surface area contributed by atoms with Gasteiger partial charge < -0.3 is 21.3 Å². The van der Waals surface area contributed by atoms with Crippen LogP contribution < -0.4 is 11.1 Å². The van der Waals surface area contributed by atoms with Gasteiger partial charge in [0, 0.05) is 6.54 Å². The van der Waals surface area contributed by atoms with E-state index >= 15 is 0 Å². The summed E-state index contributed by atoms with van der Waals surface area (Å²) in [6.07, 6.45) is 1.46. The van der Waals surface area contributed by atoms with Gasteiger partial charge in [-0.3, -0.25) is 4.79 Å². The lowest BCUT2D eigenvalue weighted by molar-refractivity contribution is -0.124. The number of hydrogen-bond donors (Lipinski definition) is 4. The molecular formula is C9H20N2O3. The third kappa shape index (κ3) is 5.16. The minimum atomic E-state index is -1.28. The van der Waals surface area contributed by atoms with Crippen LogP contribution in [0.4, 0.5) is 0 Å². The first-order chi connectivity index (χ1) is 6.43. The molecule has 14 heavy (non-hydrogen) atoms. The molecule has 0 heterocycles. The second-order valence-electron chi connectivity index (χ2n) is 3.77. The Kier molecular flexibility index (Phi) is 5.68. The van der Waals surface area contributed by atoms with Gasteiger partial charge in [0.25, 0.3) is 0 Å². The van der Waals surface area contributed by atoms with Crippen molar-refractivity contribution in [2.24, 2.45) is 5.73 Å². The third-order valence-electron chi connectivity index (χ3n) is 1.92. The summed E-state index contributed by atoms with van der Waals surface area (Å²) >= 11 is 0. The van der Waals surface area contributed by atoms with E-state index in [2.05, 4.69) is 5.32 Å². The monoisotopic (exact) mass is 204 g/mol. The average molecular weight is 204 g/mol. The second kappa shape index (κ2) is 5.95. The highest BCUT2D eigenvalue weighted by atomic mass is 16.3. The van der Waals surface area contributed by atoms with Crippen molar-refractivity contribution in [3.05, 3.63) is 0 Å². The zero-order valence-electron chi connectivity index (χ0n) is 8.79. The number of nitrogens with two attached hydrogens (primary N) is 1. The molecular weight excluding hydrogens is 184 g/mol. The summed E-state index contributed by atoms with van der Waals surface area (Å²) in [4.78, 5) is 11.3. The molecule has 2 atom stereocenters. The standard InChI is InChI=1S/C9H20N2O3/c1-3-4-7(10)8(13)11-5-9(2,14)6-12/h7,12,14H,3-6,10H2,1-2H3,(H,11,13). The minimum absolute atomic E-state index is 0.0136. The van der Waals surface area contributed by atoms with Gasteiger partial charge in [-0.05, 0) is 13.3 Å². The first kappa shape index (κ1) is 13.4. The van der Waals surface area contributed by atoms with E-state index in [1.54, 1.807) is 0 Å². The largest absolute Gasteiger partial charge is 0.393 e. The maximum Gasteiger partial charge on any atom is 0.237 e. The molecule has 0 aromatic rings. The number of carbonyl (C=O) groups is 1. The van der Waals surface area contributed by atoms with Gasteiger partial charge in [0.15, 0.2) is 0 Å². The van der Waals surface area contributed by atoms with Crippen molar-refractivity contribution in [1.29, 1.82) is 0 Å². The fourth-order valence-electron chi connectivity index (χ4n) is 0.907. The highest BCUT2D eigenvalue weighted by Gasteiger charge is 2.21. The summed E-state index contributed by atoms with van der Waals surface area (Å²) < 4.78 is 0. The van der Waals surface area contributed by atoms with Gasteiger partial charge in [0.1, 0.15) is 5.60 Å². The molecule has 0 bridgehead atoms. The Morgan fingerprint density at radius 1 is 1.64 bits per heavy atom. The van der Waals surface area contributed by atoms with Gasteiger partial charge in [0.2, 0.25) is 5.91 Å². The van der Waals surface area contributed by atoms with E-state index in [0.717, 1.165) is 6.42 Å². The fraction of sp³-hybridized carbons (Fsp3) is 0.889. The molecule has 0 rings (SSSR count). The molecule has 0 aromatic carbocycles. The molecule has 0 radical (unpaired) electrons. The van der Waals surface area contributed by atoms with Gasteiger partial charge in [-0.15, -0.1) is 0 Å². The molecule has 0 spiro atoms. The molecule has 5 heteroatoms. The van der Waals surface area contributed by atoms with E-state index in [0.29, 0.717) is 6.42 Å². The van der Waals surface area contributed by atoms with Crippen LogP contribution in [-0.4, -0.2) is 40.9 Å². The van der Waals surface area contributed by atoms with Crippen molar-refractivity contribution in [1.82, 2.24) is 5.32 Å². The van der Waals surface area contributed by atoms with Crippen LogP contribution in [0.1, 0.15) is 26.7 Å². The fourth-order valence-corrected chi connectivity index (χ4v) is 0.907. The first-order valence-electron chi connectivity index (χ1n) is 4.79. The maximum atomic E-state index is 11.3. The summed E-state index contributed by atoms with van der Waals surface area (Å²) in [5.74, 6) is -0.291. The number of aliphatic hydroxyl groups is 2. The number of aliphatic hydroxyl groups excluding tert-OH is 1. The molecule has 0 saturated heterocycles. The van der Waals surface area contributed by atoms with Crippen LogP contribution in [0.15, 0.2) is 0 Å². The smallest absolute Gasteiger partial charge is 0.237 e. The minimum Gasteiger partial charge on any atom is -0.393 e. The maximum absolute atomic E-state index is 11.3. The van der Waals surface area contributed by atoms with Gasteiger partial charge >= 0.3 is 0 Å². The Balaban J connectivity index is 3.84. The van der Waals surface area contributed by atoms with E-state index < -0.39 is 18.2 Å². The number of carbonyl (C=O) groups excluding carboxylic acids is 1. The van der Waals surface area contributed by atoms with Crippen molar-refractivity contribution in [2.75, 3.05) is 13.2 Å². The molecule has 0 aromatic heterocycles. The van der Waals surface area contributed by atoms with E-state index in [-0.39, 0.29) is 12.5 Å². The van der Waals surface area contributed by atoms with Crippen LogP contribution in [-0.2, 0) is 4.79 Å². The van der Waals surface area contributed by atoms with E-state index in [9.17, 15) is 9.90 Å². The summed E-state index contributed by atoms with van der Waals surface area (Å²) in [5, 5.41) is 20.6. The zero-order chi connectivity index (χ0) is 11.2. The van der Waals surface area contributed by atoms with Gasteiger partial charge in [-0.2, -0.15) is 0 Å². The SMILES string of the molecule is CCCC(N)C(=O)NCC(C)(O)CO. The quantitative estimate of drug-likeness (QED) is 0.445. The Bertz CT molecular complexity index is 183. The Labute approximate surface area is 84.3 Å². The van der Waals surface area contributed by atoms with Gasteiger partial charge in [0.05, 0.1) is 12.6 Å². The van der Waals surface area contributed by atoms with E-state index in [4.69, 9.17) is 10.8 Å². The molecule has 5 nitrogen and oxygen atoms in total. The van der Waals surface area contributed by atoms with Crippen LogP contribution in [0.3, 0.4) is 0 Å². The molecule has 84 valence electrons. The number of hydrogen-bond acceptors (Lipinski definition) is 4. The molecule has 0 fully saturated rings. The van der Waals surface area contributed by atoms with Crippen molar-refractivity contribution in [3.8, 4) is 0 Å². The van der Waals surface area contributed by atoms with Crippen LogP contribution in [0.25, 0.3) is 0 Å². The van der Waals surface area contributed by atoms with Crippen molar-refractivity contribution in [2.45, 2.75) is 38.3 Å². The Hall–Kier alpha value is -0.650. The lowest BCUT2D eigenvalue weighted by Crippen LogP contribution is -2.48. The molecule has 1 amide bonds. The lowest BCUT2D eigenvalue weighted by atomic mass is 10.1. The topological polar surface area (TPSA) is 95.6 Å². The first-order valence-corrected chi connectivity index (χ1v) is 4.79. The normalized spacial score (nSPS) is 17.2. The Morgan fingerprint density at radius 3 is 2.64 bits per heavy atom. The van der Waals surface area contributed by atoms with Gasteiger partial charge in [-0.25, -0.2) is 0 Å². The predicted molar refractivity (Wildman–Crippen MR) is 53.6 cm³/mol. The summed E-state index contributed by atoms with van der Waals surface area (Å²) in [6, 6.07) is -0.533. The summed E-state index contributed by atoms with van der Waals surface area (Å²) in [5.41, 5.74) is 4.27. The Morgan fingerprint density at radius 2 is 2.21 bits per heavy atom. The average Bonchev–Trinajstić information content (AvgIpc) is 2.15. The van der Waals surface area contributed by atoms with Crippen molar-refractivity contribution in [3.63, 3.8) is 0 Å². The van der Waals surface area contributed by atoms with Crippen molar-refractivity contribution < 1.29 is 15.0 Å². The highest BCUT2D eigenvalue weighted by Crippen LogP contribution is 1.99. The number of rotatable bonds is 6. The van der Waals surface area contributed by atoms with E-state index in [1.165, 1.54) is 6.92 Å². The van der Waals surface area contributed by atoms with E-state index in [1.807, 2.05) is 6.92 Å². The van der Waals surface area contributed by atoms with Gasteiger partial charge in [-0.1, -0.05) is 13.3 Å². The molecule has 2 unspecified atom stereocenters. The predicted octanol–water partition coefficient (Wildman–Crippen LogP) is -1.03. The molecule has 0 aliphatic heterocycles. The second-order valence-corrected chi connectivity index (χ2v) is 3.77. The molecule has 0 aliphatic rings. The summed E-state index contributed by atoms with van der Waals surface area (Å²) in [7, 11) is 0. The van der Waals surface area contributed by atoms with Crippen LogP contribution in [0, 0.1) is 0 Å². The van der Waals surface area contributed by atoms with Crippen LogP contribution >= 0.6 is 0 Å². The van der Waals surface area contributed by atoms with Crippen LogP contribution in [0.2, 0.25) is 0 Å². The van der Waals surface area contributed by atoms with Crippen LogP contribution in [0.5, 0.6) is 0 Å². The molecule has 5 N–H and O–H groups in total. The number of amides is 1. The zero-order valence-corrected chi connectivity index (χ0v) is 8.79.